The first-order valence-corrected chi connectivity index (χ1v) is 12.5. The molecule has 1 fully saturated rings. The van der Waals surface area contributed by atoms with E-state index in [-0.39, 0.29) is 10.5 Å². The highest BCUT2D eigenvalue weighted by molar-refractivity contribution is 6.74. The van der Waals surface area contributed by atoms with Crippen molar-refractivity contribution in [2.75, 3.05) is 26.4 Å². The number of hydrogen-bond donors (Lipinski definition) is 0. The topological polar surface area (TPSA) is 54.0 Å². The number of ether oxygens (including phenoxy) is 1. The zero-order valence-corrected chi connectivity index (χ0v) is 18.8. The van der Waals surface area contributed by atoms with Crippen LogP contribution < -0.4 is 10.2 Å². The van der Waals surface area contributed by atoms with Crippen molar-refractivity contribution in [2.45, 2.75) is 52.8 Å². The fraction of sp³-hybridized carbons (Fsp3) is 0.650. The van der Waals surface area contributed by atoms with Crippen LogP contribution in [0.1, 0.15) is 45.0 Å². The molecule has 7 heteroatoms. The predicted octanol–water partition coefficient (Wildman–Crippen LogP) is 3.67. The van der Waals surface area contributed by atoms with E-state index in [1.807, 2.05) is 12.1 Å². The zero-order valence-electron chi connectivity index (χ0n) is 17.8. The minimum absolute atomic E-state index is 0.0371. The summed E-state index contributed by atoms with van der Waals surface area (Å²) in [5, 5.41) is 0.159. The van der Waals surface area contributed by atoms with E-state index in [2.05, 4.69) is 47.7 Å². The van der Waals surface area contributed by atoms with Gasteiger partial charge in [0.05, 0.1) is 6.61 Å². The molecule has 0 aliphatic carbocycles. The predicted molar refractivity (Wildman–Crippen MR) is 112 cm³/mol. The van der Waals surface area contributed by atoms with Gasteiger partial charge in [0.2, 0.25) is 0 Å². The second-order valence-electron chi connectivity index (χ2n) is 9.45. The Labute approximate surface area is 165 Å². The van der Waals surface area contributed by atoms with Gasteiger partial charge in [0.1, 0.15) is 18.6 Å². The molecule has 1 saturated heterocycles. The van der Waals surface area contributed by atoms with Gasteiger partial charge in [0.25, 0.3) is 0 Å². The quantitative estimate of drug-likeness (QED) is 0.403. The van der Waals surface area contributed by atoms with Crippen LogP contribution in [0.5, 0.6) is 5.75 Å². The lowest BCUT2D eigenvalue weighted by Gasteiger charge is -2.36. The lowest BCUT2D eigenvalue weighted by Crippen LogP contribution is -2.49. The number of rotatable bonds is 7. The first-order valence-electron chi connectivity index (χ1n) is 9.55. The molecule has 1 aromatic rings. The number of carbonyl (C=O) groups is 1. The minimum Gasteiger partial charge on any atom is -0.492 e. The van der Waals surface area contributed by atoms with E-state index in [4.69, 9.17) is 18.5 Å². The molecule has 2 rings (SSSR count). The van der Waals surface area contributed by atoms with Crippen molar-refractivity contribution in [3.63, 3.8) is 0 Å². The average molecular weight is 392 g/mol. The Morgan fingerprint density at radius 3 is 2.37 bits per heavy atom. The smallest absolute Gasteiger partial charge is 0.492 e. The van der Waals surface area contributed by atoms with Crippen LogP contribution in [0, 0.1) is 5.41 Å². The molecule has 1 aromatic carbocycles. The van der Waals surface area contributed by atoms with Gasteiger partial charge < -0.3 is 18.5 Å². The summed E-state index contributed by atoms with van der Waals surface area (Å²) in [5.41, 5.74) is 1.16. The maximum absolute atomic E-state index is 11.5. The molecule has 0 bridgehead atoms. The van der Waals surface area contributed by atoms with Gasteiger partial charge in [-0.1, -0.05) is 46.8 Å². The lowest BCUT2D eigenvalue weighted by atomic mass is 9.73. The lowest BCUT2D eigenvalue weighted by molar-refractivity contribution is 0.0340. The van der Waals surface area contributed by atoms with E-state index in [1.54, 1.807) is 6.07 Å². The maximum atomic E-state index is 11.5. The molecule has 1 aliphatic rings. The van der Waals surface area contributed by atoms with E-state index in [0.29, 0.717) is 43.2 Å². The van der Waals surface area contributed by atoms with Crippen molar-refractivity contribution < 1.29 is 23.3 Å². The van der Waals surface area contributed by atoms with E-state index in [1.165, 1.54) is 0 Å². The standard InChI is InChI=1S/C20H33BO5Si/c1-19(2,3)27(6,7)26-12-11-23-17-10-8-9-16(13-22)18(17)21-24-14-20(4,5)15-25-21/h8-10,13H,11-12,14-15H2,1-7H3. The summed E-state index contributed by atoms with van der Waals surface area (Å²) >= 11 is 0. The first kappa shape index (κ1) is 22.1. The molecule has 0 aromatic heterocycles. The molecule has 0 radical (unpaired) electrons. The Balaban J connectivity index is 2.06. The number of benzene rings is 1. The Morgan fingerprint density at radius 1 is 1.19 bits per heavy atom. The fourth-order valence-corrected chi connectivity index (χ4v) is 3.59. The van der Waals surface area contributed by atoms with Crippen LogP contribution in [0.2, 0.25) is 18.1 Å². The molecule has 0 saturated carbocycles. The highest BCUT2D eigenvalue weighted by Crippen LogP contribution is 2.36. The summed E-state index contributed by atoms with van der Waals surface area (Å²) in [4.78, 5) is 11.5. The van der Waals surface area contributed by atoms with Crippen LogP contribution in [-0.4, -0.2) is 48.1 Å². The third-order valence-corrected chi connectivity index (χ3v) is 9.86. The largest absolute Gasteiger partial charge is 0.498 e. The molecular formula is C20H33BO5Si. The molecule has 1 aliphatic heterocycles. The first-order chi connectivity index (χ1) is 12.5. The van der Waals surface area contributed by atoms with Crippen molar-refractivity contribution in [3.8, 4) is 5.75 Å². The highest BCUT2D eigenvalue weighted by Gasteiger charge is 2.38. The van der Waals surface area contributed by atoms with E-state index >= 15 is 0 Å². The van der Waals surface area contributed by atoms with Gasteiger partial charge in [-0.25, -0.2) is 0 Å². The highest BCUT2D eigenvalue weighted by atomic mass is 28.4. The Bertz CT molecular complexity index is 644. The SMILES string of the molecule is CC1(C)COB(c2c(C=O)cccc2OCCO[Si](C)(C)C(C)(C)C)OC1. The van der Waals surface area contributed by atoms with Gasteiger partial charge in [-0.2, -0.15) is 0 Å². The molecule has 1 heterocycles. The molecule has 0 N–H and O–H groups in total. The second-order valence-corrected chi connectivity index (χ2v) is 14.3. The average Bonchev–Trinajstić information content (AvgIpc) is 2.57. The van der Waals surface area contributed by atoms with Gasteiger partial charge in [0, 0.05) is 29.7 Å². The Kier molecular flexibility index (Phi) is 6.95. The summed E-state index contributed by atoms with van der Waals surface area (Å²) < 4.78 is 23.9. The number of hydrogen-bond acceptors (Lipinski definition) is 5. The van der Waals surface area contributed by atoms with Crippen LogP contribution in [0.4, 0.5) is 0 Å². The van der Waals surface area contributed by atoms with Gasteiger partial charge in [-0.15, -0.1) is 0 Å². The van der Waals surface area contributed by atoms with Crippen LogP contribution in [-0.2, 0) is 13.7 Å². The van der Waals surface area contributed by atoms with Crippen molar-refractivity contribution in [2.24, 2.45) is 5.41 Å². The molecule has 27 heavy (non-hydrogen) atoms. The maximum Gasteiger partial charge on any atom is 0.498 e. The van der Waals surface area contributed by atoms with Crippen LogP contribution in [0.25, 0.3) is 0 Å². The van der Waals surface area contributed by atoms with Crippen molar-refractivity contribution in [1.29, 1.82) is 0 Å². The van der Waals surface area contributed by atoms with Gasteiger partial charge in [-0.05, 0) is 24.2 Å². The number of aldehydes is 1. The van der Waals surface area contributed by atoms with E-state index in [9.17, 15) is 4.79 Å². The molecule has 0 spiro atoms. The Hall–Kier alpha value is -1.15. The van der Waals surface area contributed by atoms with Crippen molar-refractivity contribution in [3.05, 3.63) is 23.8 Å². The molecular weight excluding hydrogens is 359 g/mol. The van der Waals surface area contributed by atoms with Crippen molar-refractivity contribution in [1.82, 2.24) is 0 Å². The normalized spacial score (nSPS) is 17.7. The zero-order chi connectivity index (χ0) is 20.3. The van der Waals surface area contributed by atoms with Crippen LogP contribution >= 0.6 is 0 Å². The van der Waals surface area contributed by atoms with Gasteiger partial charge in [-0.3, -0.25) is 4.79 Å². The molecule has 0 atom stereocenters. The van der Waals surface area contributed by atoms with E-state index < -0.39 is 15.4 Å². The summed E-state index contributed by atoms with van der Waals surface area (Å²) in [7, 11) is -2.40. The number of carbonyl (C=O) groups excluding carboxylic acids is 1. The van der Waals surface area contributed by atoms with Crippen LogP contribution in [0.15, 0.2) is 18.2 Å². The fourth-order valence-electron chi connectivity index (χ4n) is 2.57. The minimum atomic E-state index is -1.81. The van der Waals surface area contributed by atoms with Crippen molar-refractivity contribution >= 4 is 27.2 Å². The summed E-state index contributed by atoms with van der Waals surface area (Å²) in [5.74, 6) is 0.614. The summed E-state index contributed by atoms with van der Waals surface area (Å²) in [6, 6.07) is 5.42. The molecule has 0 amide bonds. The third-order valence-electron chi connectivity index (χ3n) is 5.32. The second kappa shape index (κ2) is 8.47. The summed E-state index contributed by atoms with van der Waals surface area (Å²) in [6.07, 6.45) is 0.820. The van der Waals surface area contributed by atoms with Gasteiger partial charge in [0.15, 0.2) is 8.32 Å². The molecule has 0 unspecified atom stereocenters. The molecule has 150 valence electrons. The summed E-state index contributed by atoms with van der Waals surface area (Å²) in [6.45, 7) is 17.3. The van der Waals surface area contributed by atoms with Crippen LogP contribution in [0.3, 0.4) is 0 Å². The monoisotopic (exact) mass is 392 g/mol. The molecule has 5 nitrogen and oxygen atoms in total. The van der Waals surface area contributed by atoms with E-state index in [0.717, 1.165) is 6.29 Å². The Morgan fingerprint density at radius 2 is 1.81 bits per heavy atom. The third kappa shape index (κ3) is 5.67. The van der Waals surface area contributed by atoms with Gasteiger partial charge >= 0.3 is 7.12 Å².